The molecule has 21 heavy (non-hydrogen) atoms. The first-order chi connectivity index (χ1) is 10.0. The second-order valence-corrected chi connectivity index (χ2v) is 5.48. The summed E-state index contributed by atoms with van der Waals surface area (Å²) in [6.45, 7) is 0. The van der Waals surface area contributed by atoms with Gasteiger partial charge < -0.3 is 0 Å². The summed E-state index contributed by atoms with van der Waals surface area (Å²) in [6.07, 6.45) is -1.60. The minimum Gasteiger partial charge on any atom is -0.198 e. The molecule has 1 aliphatic rings. The van der Waals surface area contributed by atoms with Gasteiger partial charge in [-0.1, -0.05) is 36.8 Å². The average molecular weight is 293 g/mol. The second-order valence-electron chi connectivity index (χ2n) is 5.48. The van der Waals surface area contributed by atoms with Gasteiger partial charge in [0.1, 0.15) is 0 Å². The minimum absolute atomic E-state index is 0.111. The molecule has 0 heterocycles. The Morgan fingerprint density at radius 1 is 1.14 bits per heavy atom. The molecule has 0 aromatic heterocycles. The van der Waals surface area contributed by atoms with Crippen LogP contribution in [0.15, 0.2) is 41.5 Å². The molecule has 0 bridgehead atoms. The minimum atomic E-state index is -4.34. The van der Waals surface area contributed by atoms with Crippen LogP contribution in [0.25, 0.3) is 0 Å². The fraction of sp³-hybridized carbons (Fsp3) is 0.471. The largest absolute Gasteiger partial charge is 0.412 e. The van der Waals surface area contributed by atoms with Gasteiger partial charge in [0.2, 0.25) is 0 Å². The van der Waals surface area contributed by atoms with Gasteiger partial charge in [0.25, 0.3) is 0 Å². The zero-order chi connectivity index (χ0) is 15.3. The van der Waals surface area contributed by atoms with Gasteiger partial charge >= 0.3 is 6.18 Å². The highest BCUT2D eigenvalue weighted by Gasteiger charge is 2.41. The van der Waals surface area contributed by atoms with Gasteiger partial charge in [-0.15, -0.1) is 0 Å². The number of hydrogen-bond donors (Lipinski definition) is 0. The van der Waals surface area contributed by atoms with Gasteiger partial charge in [0.05, 0.1) is 12.5 Å². The molecule has 2 rings (SSSR count). The lowest BCUT2D eigenvalue weighted by Gasteiger charge is -2.23. The smallest absolute Gasteiger partial charge is 0.198 e. The third-order valence-electron chi connectivity index (χ3n) is 3.99. The van der Waals surface area contributed by atoms with Crippen molar-refractivity contribution in [2.75, 3.05) is 0 Å². The molecule has 1 unspecified atom stereocenters. The van der Waals surface area contributed by atoms with E-state index in [1.807, 2.05) is 36.4 Å². The van der Waals surface area contributed by atoms with Crippen LogP contribution in [0, 0.1) is 17.2 Å². The number of benzene rings is 1. The van der Waals surface area contributed by atoms with E-state index in [9.17, 15) is 13.2 Å². The van der Waals surface area contributed by atoms with Crippen molar-refractivity contribution in [1.29, 1.82) is 5.26 Å². The van der Waals surface area contributed by atoms with Gasteiger partial charge in [-0.3, -0.25) is 0 Å². The van der Waals surface area contributed by atoms with E-state index in [0.29, 0.717) is 24.8 Å². The van der Waals surface area contributed by atoms with Crippen molar-refractivity contribution in [2.24, 2.45) is 5.92 Å². The number of rotatable bonds is 3. The maximum atomic E-state index is 13.5. The standard InChI is InChI=1S/C17H18F3N/c18-17(19,20)16-14(10-11-21)8-4-5-9-15(16)12-13-6-2-1-3-7-13/h1-3,6-7,15H,4-5,8-10,12H2. The van der Waals surface area contributed by atoms with Crippen LogP contribution in [0.1, 0.15) is 37.7 Å². The van der Waals surface area contributed by atoms with Crippen molar-refractivity contribution in [3.8, 4) is 6.07 Å². The molecule has 0 amide bonds. The molecule has 1 aliphatic carbocycles. The van der Waals surface area contributed by atoms with Crippen molar-refractivity contribution < 1.29 is 13.2 Å². The summed E-state index contributed by atoms with van der Waals surface area (Å²) in [7, 11) is 0. The fourth-order valence-corrected chi connectivity index (χ4v) is 3.11. The van der Waals surface area contributed by atoms with Crippen LogP contribution >= 0.6 is 0 Å². The molecular formula is C17H18F3N. The van der Waals surface area contributed by atoms with E-state index in [1.54, 1.807) is 0 Å². The fourth-order valence-electron chi connectivity index (χ4n) is 3.11. The van der Waals surface area contributed by atoms with E-state index in [4.69, 9.17) is 5.26 Å². The van der Waals surface area contributed by atoms with Gasteiger partial charge in [-0.05, 0) is 42.7 Å². The predicted molar refractivity (Wildman–Crippen MR) is 75.4 cm³/mol. The molecule has 1 nitrogen and oxygen atoms in total. The Morgan fingerprint density at radius 2 is 1.86 bits per heavy atom. The molecule has 0 saturated carbocycles. The number of alkyl halides is 3. The van der Waals surface area contributed by atoms with Crippen molar-refractivity contribution in [3.05, 3.63) is 47.0 Å². The second kappa shape index (κ2) is 6.80. The Morgan fingerprint density at radius 3 is 2.48 bits per heavy atom. The summed E-state index contributed by atoms with van der Waals surface area (Å²) in [6, 6.07) is 11.2. The molecule has 0 spiro atoms. The summed E-state index contributed by atoms with van der Waals surface area (Å²) in [5.41, 5.74) is 0.774. The summed E-state index contributed by atoms with van der Waals surface area (Å²) >= 11 is 0. The van der Waals surface area contributed by atoms with Gasteiger partial charge in [0, 0.05) is 5.57 Å². The number of hydrogen-bond acceptors (Lipinski definition) is 1. The van der Waals surface area contributed by atoms with Gasteiger partial charge in [-0.25, -0.2) is 0 Å². The van der Waals surface area contributed by atoms with Crippen molar-refractivity contribution in [1.82, 2.24) is 0 Å². The third kappa shape index (κ3) is 4.10. The lowest BCUT2D eigenvalue weighted by atomic mass is 9.86. The summed E-state index contributed by atoms with van der Waals surface area (Å²) in [5.74, 6) is -0.529. The number of nitriles is 1. The van der Waals surface area contributed by atoms with E-state index >= 15 is 0 Å². The van der Waals surface area contributed by atoms with Crippen molar-refractivity contribution in [3.63, 3.8) is 0 Å². The summed E-state index contributed by atoms with van der Waals surface area (Å²) in [4.78, 5) is 0. The topological polar surface area (TPSA) is 23.8 Å². The molecule has 112 valence electrons. The van der Waals surface area contributed by atoms with E-state index < -0.39 is 17.7 Å². The first-order valence-electron chi connectivity index (χ1n) is 7.22. The van der Waals surface area contributed by atoms with Crippen LogP contribution in [0.2, 0.25) is 0 Å². The Hall–Kier alpha value is -1.76. The first-order valence-corrected chi connectivity index (χ1v) is 7.22. The van der Waals surface area contributed by atoms with Crippen molar-refractivity contribution in [2.45, 2.75) is 44.7 Å². The van der Waals surface area contributed by atoms with Gasteiger partial charge in [0.15, 0.2) is 0 Å². The Balaban J connectivity index is 2.35. The first kappa shape index (κ1) is 15.6. The Bertz CT molecular complexity index is 537. The highest BCUT2D eigenvalue weighted by atomic mass is 19.4. The van der Waals surface area contributed by atoms with Crippen LogP contribution in [0.4, 0.5) is 13.2 Å². The lowest BCUT2D eigenvalue weighted by Crippen LogP contribution is -2.23. The molecule has 1 atom stereocenters. The SMILES string of the molecule is N#CCC1=C(C(F)(F)F)C(Cc2ccccc2)CCCC1. The zero-order valence-electron chi connectivity index (χ0n) is 11.8. The maximum Gasteiger partial charge on any atom is 0.412 e. The normalized spacial score (nSPS) is 20.0. The zero-order valence-corrected chi connectivity index (χ0v) is 11.8. The third-order valence-corrected chi connectivity index (χ3v) is 3.99. The molecule has 1 aromatic rings. The molecule has 0 fully saturated rings. The molecule has 0 aliphatic heterocycles. The average Bonchev–Trinajstić information content (AvgIpc) is 2.62. The van der Waals surface area contributed by atoms with Crippen LogP contribution in [-0.4, -0.2) is 6.18 Å². The Kier molecular flexibility index (Phi) is 5.06. The lowest BCUT2D eigenvalue weighted by molar-refractivity contribution is -0.100. The van der Waals surface area contributed by atoms with Crippen molar-refractivity contribution >= 4 is 0 Å². The van der Waals surface area contributed by atoms with E-state index in [0.717, 1.165) is 18.4 Å². The van der Waals surface area contributed by atoms with E-state index in [2.05, 4.69) is 0 Å². The maximum absolute atomic E-state index is 13.5. The van der Waals surface area contributed by atoms with Gasteiger partial charge in [-0.2, -0.15) is 18.4 Å². The van der Waals surface area contributed by atoms with Crippen LogP contribution in [0.5, 0.6) is 0 Å². The monoisotopic (exact) mass is 293 g/mol. The molecule has 0 radical (unpaired) electrons. The highest BCUT2D eigenvalue weighted by molar-refractivity contribution is 5.28. The Labute approximate surface area is 123 Å². The summed E-state index contributed by atoms with van der Waals surface area (Å²) in [5, 5.41) is 8.82. The molecule has 0 N–H and O–H groups in total. The molecule has 4 heteroatoms. The van der Waals surface area contributed by atoms with E-state index in [-0.39, 0.29) is 6.42 Å². The quantitative estimate of drug-likeness (QED) is 0.703. The molecule has 0 saturated heterocycles. The van der Waals surface area contributed by atoms with Crippen LogP contribution in [-0.2, 0) is 6.42 Å². The number of halogens is 3. The molecule has 1 aromatic carbocycles. The van der Waals surface area contributed by atoms with Crippen LogP contribution < -0.4 is 0 Å². The van der Waals surface area contributed by atoms with E-state index in [1.165, 1.54) is 0 Å². The number of nitrogens with zero attached hydrogens (tertiary/aromatic N) is 1. The summed E-state index contributed by atoms with van der Waals surface area (Å²) < 4.78 is 40.4. The molecular weight excluding hydrogens is 275 g/mol. The predicted octanol–water partition coefficient (Wildman–Crippen LogP) is 5.19. The highest BCUT2D eigenvalue weighted by Crippen LogP contribution is 2.42. The number of allylic oxidation sites excluding steroid dienone is 2. The van der Waals surface area contributed by atoms with Crippen LogP contribution in [0.3, 0.4) is 0 Å².